The highest BCUT2D eigenvalue weighted by Crippen LogP contribution is 2.12. The first-order valence-electron chi connectivity index (χ1n) is 7.35. The summed E-state index contributed by atoms with van der Waals surface area (Å²) in [5, 5.41) is 6.06. The zero-order valence-corrected chi connectivity index (χ0v) is 13.4. The third-order valence-electron chi connectivity index (χ3n) is 3.15. The molecule has 0 spiro atoms. The van der Waals surface area contributed by atoms with Crippen LogP contribution in [0.2, 0.25) is 0 Å². The lowest BCUT2D eigenvalue weighted by atomic mass is 10.2. The maximum atomic E-state index is 11.5. The number of anilines is 1. The minimum Gasteiger partial charge on any atom is -0.368 e. The Morgan fingerprint density at radius 1 is 1.27 bits per heavy atom. The molecule has 22 heavy (non-hydrogen) atoms. The molecule has 2 heterocycles. The van der Waals surface area contributed by atoms with Gasteiger partial charge >= 0.3 is 0 Å². The van der Waals surface area contributed by atoms with Crippen LogP contribution >= 0.6 is 0 Å². The summed E-state index contributed by atoms with van der Waals surface area (Å²) >= 11 is 0. The van der Waals surface area contributed by atoms with Gasteiger partial charge in [-0.3, -0.25) is 9.36 Å². The van der Waals surface area contributed by atoms with Gasteiger partial charge in [-0.15, -0.1) is 0 Å². The van der Waals surface area contributed by atoms with Crippen LogP contribution in [0.25, 0.3) is 5.82 Å². The number of aryl methyl sites for hydroxylation is 2. The Hall–Kier alpha value is -2.44. The van der Waals surface area contributed by atoms with Crippen molar-refractivity contribution in [2.24, 2.45) is 5.92 Å². The van der Waals surface area contributed by atoms with Crippen LogP contribution in [0.5, 0.6) is 0 Å². The summed E-state index contributed by atoms with van der Waals surface area (Å²) in [6.07, 6.45) is 3.60. The number of nitrogens with one attached hydrogen (secondary N) is 2. The van der Waals surface area contributed by atoms with Gasteiger partial charge in [0.2, 0.25) is 5.91 Å². The Bertz CT molecular complexity index is 649. The van der Waals surface area contributed by atoms with E-state index in [9.17, 15) is 4.79 Å². The van der Waals surface area contributed by atoms with Crippen LogP contribution in [-0.2, 0) is 4.79 Å². The third-order valence-corrected chi connectivity index (χ3v) is 3.15. The number of nitrogens with zero attached hydrogens (tertiary/aromatic N) is 4. The molecule has 0 saturated heterocycles. The van der Waals surface area contributed by atoms with E-state index < -0.39 is 0 Å². The molecule has 7 nitrogen and oxygen atoms in total. The topological polar surface area (TPSA) is 84.7 Å². The van der Waals surface area contributed by atoms with Gasteiger partial charge in [-0.1, -0.05) is 13.8 Å². The summed E-state index contributed by atoms with van der Waals surface area (Å²) in [5.74, 6) is 3.10. The van der Waals surface area contributed by atoms with Gasteiger partial charge in [0.25, 0.3) is 0 Å². The number of aromatic nitrogens is 4. The monoisotopic (exact) mass is 302 g/mol. The second kappa shape index (κ2) is 7.02. The Labute approximate surface area is 130 Å². The van der Waals surface area contributed by atoms with E-state index in [0.717, 1.165) is 17.5 Å². The fourth-order valence-electron chi connectivity index (χ4n) is 1.97. The van der Waals surface area contributed by atoms with Gasteiger partial charge < -0.3 is 10.6 Å². The number of hydrogen-bond acceptors (Lipinski definition) is 5. The van der Waals surface area contributed by atoms with Gasteiger partial charge in [-0.05, 0) is 13.8 Å². The molecular weight excluding hydrogens is 280 g/mol. The molecule has 0 aromatic carbocycles. The molecule has 2 aromatic heterocycles. The first-order chi connectivity index (χ1) is 10.5. The molecular formula is C15H22N6O. The Balaban J connectivity index is 1.99. The second-order valence-corrected chi connectivity index (χ2v) is 5.38. The van der Waals surface area contributed by atoms with Crippen molar-refractivity contribution in [1.29, 1.82) is 0 Å². The quantitative estimate of drug-likeness (QED) is 0.789. The molecule has 2 rings (SSSR count). The molecule has 2 aromatic rings. The van der Waals surface area contributed by atoms with E-state index in [0.29, 0.717) is 18.9 Å². The lowest BCUT2D eigenvalue weighted by molar-refractivity contribution is -0.123. The van der Waals surface area contributed by atoms with Crippen molar-refractivity contribution in [3.63, 3.8) is 0 Å². The summed E-state index contributed by atoms with van der Waals surface area (Å²) in [6.45, 7) is 8.68. The molecule has 0 bridgehead atoms. The standard InChI is InChI=1S/C15H22N6O/c1-10(2)15(22)18-6-5-17-13-9-14(20-11(3)19-13)21-8-7-16-12(21)4/h7-10H,5-6H2,1-4H3,(H,18,22)(H,17,19,20). The number of rotatable bonds is 6. The number of carbonyl (C=O) groups excluding carboxylic acids is 1. The highest BCUT2D eigenvalue weighted by Gasteiger charge is 2.07. The summed E-state index contributed by atoms with van der Waals surface area (Å²) < 4.78 is 1.90. The van der Waals surface area contributed by atoms with Gasteiger partial charge in [0.05, 0.1) is 0 Å². The van der Waals surface area contributed by atoms with Gasteiger partial charge in [0, 0.05) is 37.5 Å². The molecule has 2 N–H and O–H groups in total. The van der Waals surface area contributed by atoms with Crippen molar-refractivity contribution < 1.29 is 4.79 Å². The number of hydrogen-bond donors (Lipinski definition) is 2. The predicted octanol–water partition coefficient (Wildman–Crippen LogP) is 1.46. The smallest absolute Gasteiger partial charge is 0.222 e. The van der Waals surface area contributed by atoms with E-state index in [4.69, 9.17) is 0 Å². The normalized spacial score (nSPS) is 10.8. The van der Waals surface area contributed by atoms with Crippen LogP contribution in [0.4, 0.5) is 5.82 Å². The summed E-state index contributed by atoms with van der Waals surface area (Å²) in [4.78, 5) is 24.5. The van der Waals surface area contributed by atoms with Gasteiger partial charge in [0.1, 0.15) is 23.3 Å². The molecule has 0 aliphatic carbocycles. The zero-order valence-electron chi connectivity index (χ0n) is 13.4. The largest absolute Gasteiger partial charge is 0.368 e. The van der Waals surface area contributed by atoms with E-state index in [-0.39, 0.29) is 11.8 Å². The molecule has 0 aliphatic heterocycles. The predicted molar refractivity (Wildman–Crippen MR) is 85.0 cm³/mol. The number of imidazole rings is 1. The van der Waals surface area contributed by atoms with Crippen LogP contribution in [0.3, 0.4) is 0 Å². The van der Waals surface area contributed by atoms with E-state index in [1.165, 1.54) is 0 Å². The molecule has 0 unspecified atom stereocenters. The summed E-state index contributed by atoms with van der Waals surface area (Å²) in [6, 6.07) is 1.87. The lowest BCUT2D eigenvalue weighted by Gasteiger charge is -2.11. The van der Waals surface area contributed by atoms with Crippen molar-refractivity contribution in [2.45, 2.75) is 27.7 Å². The van der Waals surface area contributed by atoms with Crippen LogP contribution in [0.1, 0.15) is 25.5 Å². The first-order valence-corrected chi connectivity index (χ1v) is 7.35. The molecule has 118 valence electrons. The Morgan fingerprint density at radius 3 is 2.68 bits per heavy atom. The molecule has 0 radical (unpaired) electrons. The van der Waals surface area contributed by atoms with E-state index >= 15 is 0 Å². The van der Waals surface area contributed by atoms with Gasteiger partial charge in [-0.25, -0.2) is 15.0 Å². The van der Waals surface area contributed by atoms with Crippen LogP contribution in [0.15, 0.2) is 18.5 Å². The van der Waals surface area contributed by atoms with E-state index in [1.54, 1.807) is 6.20 Å². The summed E-state index contributed by atoms with van der Waals surface area (Å²) in [7, 11) is 0. The number of amides is 1. The van der Waals surface area contributed by atoms with Gasteiger partial charge in [0.15, 0.2) is 0 Å². The van der Waals surface area contributed by atoms with E-state index in [2.05, 4.69) is 25.6 Å². The first kappa shape index (κ1) is 15.9. The fraction of sp³-hybridized carbons (Fsp3) is 0.467. The molecule has 0 saturated carbocycles. The SMILES string of the molecule is Cc1nc(NCCNC(=O)C(C)C)cc(-n2ccnc2C)n1. The van der Waals surface area contributed by atoms with E-state index in [1.807, 2.05) is 44.5 Å². The minimum atomic E-state index is -0.00267. The third kappa shape index (κ3) is 4.03. The Kier molecular flexibility index (Phi) is 5.08. The van der Waals surface area contributed by atoms with Crippen LogP contribution < -0.4 is 10.6 Å². The minimum absolute atomic E-state index is 0.00267. The Morgan fingerprint density at radius 2 is 2.05 bits per heavy atom. The maximum absolute atomic E-state index is 11.5. The highest BCUT2D eigenvalue weighted by molar-refractivity contribution is 5.77. The highest BCUT2D eigenvalue weighted by atomic mass is 16.1. The zero-order chi connectivity index (χ0) is 16.1. The van der Waals surface area contributed by atoms with Crippen LogP contribution in [-0.4, -0.2) is 38.5 Å². The molecule has 0 atom stereocenters. The van der Waals surface area contributed by atoms with Crippen molar-refractivity contribution in [2.75, 3.05) is 18.4 Å². The molecule has 7 heteroatoms. The van der Waals surface area contributed by atoms with Crippen molar-refractivity contribution in [3.05, 3.63) is 30.1 Å². The van der Waals surface area contributed by atoms with Crippen molar-refractivity contribution >= 4 is 11.7 Å². The maximum Gasteiger partial charge on any atom is 0.222 e. The van der Waals surface area contributed by atoms with Gasteiger partial charge in [-0.2, -0.15) is 0 Å². The fourth-order valence-corrected chi connectivity index (χ4v) is 1.97. The average Bonchev–Trinajstić information content (AvgIpc) is 2.89. The number of carbonyl (C=O) groups is 1. The molecule has 1 amide bonds. The van der Waals surface area contributed by atoms with Crippen molar-refractivity contribution in [3.8, 4) is 5.82 Å². The molecule has 0 fully saturated rings. The summed E-state index contributed by atoms with van der Waals surface area (Å²) in [5.41, 5.74) is 0. The van der Waals surface area contributed by atoms with Crippen LogP contribution in [0, 0.1) is 19.8 Å². The van der Waals surface area contributed by atoms with Crippen molar-refractivity contribution in [1.82, 2.24) is 24.8 Å². The molecule has 0 aliphatic rings. The second-order valence-electron chi connectivity index (χ2n) is 5.38. The average molecular weight is 302 g/mol. The lowest BCUT2D eigenvalue weighted by Crippen LogP contribution is -2.32.